The largest absolute Gasteiger partial charge is 0.466 e. The summed E-state index contributed by atoms with van der Waals surface area (Å²) in [6.45, 7) is 4.52. The third-order valence-corrected chi connectivity index (χ3v) is 3.99. The monoisotopic (exact) mass is 293 g/mol. The summed E-state index contributed by atoms with van der Waals surface area (Å²) in [6, 6.07) is -0.553. The summed E-state index contributed by atoms with van der Waals surface area (Å²) >= 11 is 0. The molecule has 110 valence electrons. The Morgan fingerprint density at radius 1 is 1.16 bits per heavy atom. The predicted octanol–water partition coefficient (Wildman–Crippen LogP) is -0.0249. The highest BCUT2D eigenvalue weighted by Crippen LogP contribution is 1.99. The van der Waals surface area contributed by atoms with Gasteiger partial charge in [0.15, 0.2) is 0 Å². The number of ether oxygens (including phenoxy) is 2. The van der Waals surface area contributed by atoms with Crippen molar-refractivity contribution in [2.45, 2.75) is 32.1 Å². The van der Waals surface area contributed by atoms with Crippen LogP contribution < -0.4 is 4.72 Å². The zero-order valence-electron chi connectivity index (χ0n) is 11.4. The number of esters is 2. The van der Waals surface area contributed by atoms with Crippen molar-refractivity contribution in [3.05, 3.63) is 12.2 Å². The molecule has 0 aromatic heterocycles. The van der Waals surface area contributed by atoms with E-state index in [1.54, 1.807) is 20.8 Å². The van der Waals surface area contributed by atoms with Crippen molar-refractivity contribution in [1.82, 2.24) is 4.72 Å². The molecule has 0 aliphatic carbocycles. The molecular formula is C11H19NO6S. The topological polar surface area (TPSA) is 98.8 Å². The van der Waals surface area contributed by atoms with Crippen molar-refractivity contribution >= 4 is 22.0 Å². The van der Waals surface area contributed by atoms with E-state index in [1.807, 2.05) is 0 Å². The Kier molecular flexibility index (Phi) is 7.32. The van der Waals surface area contributed by atoms with E-state index in [2.05, 4.69) is 9.46 Å². The van der Waals surface area contributed by atoms with E-state index < -0.39 is 33.3 Å². The number of rotatable bonds is 7. The lowest BCUT2D eigenvalue weighted by Crippen LogP contribution is -2.40. The molecule has 0 heterocycles. The zero-order valence-corrected chi connectivity index (χ0v) is 12.2. The van der Waals surface area contributed by atoms with E-state index in [0.717, 1.165) is 12.2 Å². The third kappa shape index (κ3) is 7.58. The van der Waals surface area contributed by atoms with Crippen molar-refractivity contribution in [3.8, 4) is 0 Å². The van der Waals surface area contributed by atoms with Gasteiger partial charge in [0.05, 0.1) is 18.4 Å². The maximum Gasteiger partial charge on any atom is 0.331 e. The Morgan fingerprint density at radius 3 is 2.16 bits per heavy atom. The lowest BCUT2D eigenvalue weighted by molar-refractivity contribution is -0.139. The van der Waals surface area contributed by atoms with Gasteiger partial charge in [0.1, 0.15) is 6.61 Å². The van der Waals surface area contributed by atoms with Crippen molar-refractivity contribution in [1.29, 1.82) is 0 Å². The quantitative estimate of drug-likeness (QED) is 0.523. The van der Waals surface area contributed by atoms with E-state index in [1.165, 1.54) is 7.11 Å². The molecule has 19 heavy (non-hydrogen) atoms. The summed E-state index contributed by atoms with van der Waals surface area (Å²) in [5.74, 6) is -1.42. The van der Waals surface area contributed by atoms with Crippen LogP contribution in [0.15, 0.2) is 12.2 Å². The van der Waals surface area contributed by atoms with Gasteiger partial charge in [-0.1, -0.05) is 0 Å². The summed E-state index contributed by atoms with van der Waals surface area (Å²) < 4.78 is 34.4. The fourth-order valence-corrected chi connectivity index (χ4v) is 1.81. The van der Waals surface area contributed by atoms with Gasteiger partial charge in [0, 0.05) is 12.2 Å². The molecule has 0 radical (unpaired) electrons. The fourth-order valence-electron chi connectivity index (χ4n) is 0.910. The molecule has 0 saturated carbocycles. The Hall–Kier alpha value is -1.41. The third-order valence-electron chi connectivity index (χ3n) is 2.02. The summed E-state index contributed by atoms with van der Waals surface area (Å²) in [7, 11) is -2.23. The zero-order chi connectivity index (χ0) is 15.1. The lowest BCUT2D eigenvalue weighted by atomic mass is 10.4. The summed E-state index contributed by atoms with van der Waals surface area (Å²) in [6.07, 6.45) is 1.83. The van der Waals surface area contributed by atoms with Crippen LogP contribution in [-0.4, -0.2) is 45.4 Å². The molecule has 0 aliphatic rings. The molecular weight excluding hydrogens is 274 g/mol. The second-order valence-electron chi connectivity index (χ2n) is 4.10. The molecule has 0 spiro atoms. The van der Waals surface area contributed by atoms with Crippen LogP contribution in [0.2, 0.25) is 0 Å². The highest BCUT2D eigenvalue weighted by Gasteiger charge is 2.19. The smallest absolute Gasteiger partial charge is 0.331 e. The maximum absolute atomic E-state index is 11.5. The molecule has 0 rings (SSSR count). The van der Waals surface area contributed by atoms with E-state index in [-0.39, 0.29) is 6.61 Å². The Balaban J connectivity index is 4.18. The highest BCUT2D eigenvalue weighted by molar-refractivity contribution is 7.90. The van der Waals surface area contributed by atoms with Gasteiger partial charge in [-0.25, -0.2) is 22.7 Å². The minimum Gasteiger partial charge on any atom is -0.466 e. The van der Waals surface area contributed by atoms with Crippen molar-refractivity contribution in [3.63, 3.8) is 0 Å². The molecule has 8 heteroatoms. The molecule has 0 fully saturated rings. The van der Waals surface area contributed by atoms with Crippen LogP contribution in [0.5, 0.6) is 0 Å². The molecule has 1 N–H and O–H groups in total. The highest BCUT2D eigenvalue weighted by atomic mass is 32.2. The van der Waals surface area contributed by atoms with Crippen LogP contribution in [-0.2, 0) is 29.1 Å². The average molecular weight is 293 g/mol. The minimum atomic E-state index is -3.41. The van der Waals surface area contributed by atoms with Crippen LogP contribution in [0, 0.1) is 0 Å². The van der Waals surface area contributed by atoms with Crippen molar-refractivity contribution in [2.75, 3.05) is 13.7 Å². The Morgan fingerprint density at radius 2 is 1.68 bits per heavy atom. The van der Waals surface area contributed by atoms with E-state index >= 15 is 0 Å². The molecule has 0 bridgehead atoms. The van der Waals surface area contributed by atoms with E-state index in [0.29, 0.717) is 0 Å². The standard InChI is InChI=1S/C11H19NO6S/c1-8(2)19(15,16)12-9(3)7-18-11(14)6-5-10(13)17-4/h5-6,8-9,12H,7H2,1-4H3/b6-5+. The van der Waals surface area contributed by atoms with Gasteiger partial charge in [-0.05, 0) is 20.8 Å². The lowest BCUT2D eigenvalue weighted by Gasteiger charge is -2.15. The van der Waals surface area contributed by atoms with Crippen LogP contribution in [0.4, 0.5) is 0 Å². The van der Waals surface area contributed by atoms with Crippen molar-refractivity contribution in [2.24, 2.45) is 0 Å². The van der Waals surface area contributed by atoms with Gasteiger partial charge < -0.3 is 9.47 Å². The molecule has 0 amide bonds. The van der Waals surface area contributed by atoms with Crippen LogP contribution in [0.1, 0.15) is 20.8 Å². The van der Waals surface area contributed by atoms with E-state index in [4.69, 9.17) is 4.74 Å². The number of carbonyl (C=O) groups is 2. The van der Waals surface area contributed by atoms with Crippen LogP contribution in [0.3, 0.4) is 0 Å². The number of nitrogens with one attached hydrogen (secondary N) is 1. The first-order chi connectivity index (χ1) is 8.69. The first kappa shape index (κ1) is 17.6. The fraction of sp³-hybridized carbons (Fsp3) is 0.636. The Bertz CT molecular complexity index is 440. The summed E-state index contributed by atoms with van der Waals surface area (Å²) in [4.78, 5) is 21.9. The molecule has 1 atom stereocenters. The molecule has 0 aromatic rings. The number of hydrogen-bond acceptors (Lipinski definition) is 6. The summed E-state index contributed by atoms with van der Waals surface area (Å²) in [5, 5.41) is -0.565. The summed E-state index contributed by atoms with van der Waals surface area (Å²) in [5.41, 5.74) is 0. The minimum absolute atomic E-state index is 0.129. The second-order valence-corrected chi connectivity index (χ2v) is 6.37. The first-order valence-electron chi connectivity index (χ1n) is 5.63. The maximum atomic E-state index is 11.5. The predicted molar refractivity (Wildman–Crippen MR) is 68.8 cm³/mol. The van der Waals surface area contributed by atoms with Gasteiger partial charge in [-0.15, -0.1) is 0 Å². The van der Waals surface area contributed by atoms with Gasteiger partial charge in [0.2, 0.25) is 10.0 Å². The normalized spacial score (nSPS) is 13.5. The van der Waals surface area contributed by atoms with E-state index in [9.17, 15) is 18.0 Å². The number of carbonyl (C=O) groups excluding carboxylic acids is 2. The second kappa shape index (κ2) is 7.90. The number of methoxy groups -OCH3 is 1. The SMILES string of the molecule is COC(=O)/C=C/C(=O)OCC(C)NS(=O)(=O)C(C)C. The average Bonchev–Trinajstić information content (AvgIpc) is 2.32. The molecule has 1 unspecified atom stereocenters. The number of hydrogen-bond donors (Lipinski definition) is 1. The first-order valence-corrected chi connectivity index (χ1v) is 7.17. The van der Waals surface area contributed by atoms with Gasteiger partial charge >= 0.3 is 11.9 Å². The van der Waals surface area contributed by atoms with Gasteiger partial charge in [-0.3, -0.25) is 0 Å². The Labute approximate surface area is 113 Å². The van der Waals surface area contributed by atoms with Gasteiger partial charge in [0.25, 0.3) is 0 Å². The molecule has 0 saturated heterocycles. The number of sulfonamides is 1. The van der Waals surface area contributed by atoms with Gasteiger partial charge in [-0.2, -0.15) is 0 Å². The van der Waals surface area contributed by atoms with Crippen molar-refractivity contribution < 1.29 is 27.5 Å². The van der Waals surface area contributed by atoms with Crippen LogP contribution >= 0.6 is 0 Å². The van der Waals surface area contributed by atoms with Crippen LogP contribution in [0.25, 0.3) is 0 Å². The molecule has 7 nitrogen and oxygen atoms in total. The molecule has 0 aliphatic heterocycles. The molecule has 0 aromatic carbocycles.